The quantitative estimate of drug-likeness (QED) is 0.552. The van der Waals surface area contributed by atoms with E-state index in [2.05, 4.69) is 5.10 Å². The third-order valence-electron chi connectivity index (χ3n) is 3.97. The predicted octanol–water partition coefficient (Wildman–Crippen LogP) is 4.05. The molecule has 2 heterocycles. The second-order valence-corrected chi connectivity index (χ2v) is 5.87. The van der Waals surface area contributed by atoms with E-state index >= 15 is 0 Å². The molecule has 4 rings (SSSR count). The molecule has 0 aliphatic carbocycles. The van der Waals surface area contributed by atoms with Gasteiger partial charge in [-0.05, 0) is 43.3 Å². The maximum atomic E-state index is 12.8. The molecule has 2 aromatic carbocycles. The van der Waals surface area contributed by atoms with Crippen LogP contribution in [0.1, 0.15) is 5.76 Å². The number of halogens is 1. The van der Waals surface area contributed by atoms with Crippen molar-refractivity contribution in [2.75, 3.05) is 7.11 Å². The lowest BCUT2D eigenvalue weighted by atomic mass is 10.1. The minimum atomic E-state index is -0.216. The van der Waals surface area contributed by atoms with Crippen LogP contribution in [0.5, 0.6) is 5.75 Å². The summed E-state index contributed by atoms with van der Waals surface area (Å²) in [5, 5.41) is 5.89. The number of nitrogens with zero attached hydrogens (tertiary/aromatic N) is 2. The molecule has 0 spiro atoms. The lowest BCUT2D eigenvalue weighted by Crippen LogP contribution is -2.14. The van der Waals surface area contributed by atoms with Crippen molar-refractivity contribution in [3.63, 3.8) is 0 Å². The van der Waals surface area contributed by atoms with E-state index in [0.717, 1.165) is 5.39 Å². The molecule has 0 N–H and O–H groups in total. The van der Waals surface area contributed by atoms with Crippen molar-refractivity contribution in [1.29, 1.82) is 0 Å². The first-order valence-electron chi connectivity index (χ1n) is 7.34. The molecule has 0 unspecified atom stereocenters. The summed E-state index contributed by atoms with van der Waals surface area (Å²) < 4.78 is 12.4. The summed E-state index contributed by atoms with van der Waals surface area (Å²) in [5.74, 6) is 1.21. The Balaban J connectivity index is 2.05. The van der Waals surface area contributed by atoms with Crippen LogP contribution in [0.25, 0.3) is 27.9 Å². The summed E-state index contributed by atoms with van der Waals surface area (Å²) >= 11 is 5.91. The van der Waals surface area contributed by atoms with Gasteiger partial charge in [0, 0.05) is 16.5 Å². The monoisotopic (exact) mass is 340 g/mol. The van der Waals surface area contributed by atoms with E-state index in [1.807, 2.05) is 12.1 Å². The molecule has 2 aliphatic rings. The molecule has 0 bridgehead atoms. The molecule has 2 aliphatic heterocycles. The summed E-state index contributed by atoms with van der Waals surface area (Å²) in [6, 6.07) is 12.4. The molecular weight excluding hydrogens is 328 g/mol. The molecular formula is C18H13ClN2O3. The largest absolute Gasteiger partial charge is 0.497 e. The molecule has 0 aromatic heterocycles. The first kappa shape index (κ1) is 14.8. The van der Waals surface area contributed by atoms with Gasteiger partial charge in [-0.2, -0.15) is 9.78 Å². The molecule has 0 radical (unpaired) electrons. The Hall–Kier alpha value is -2.79. The van der Waals surface area contributed by atoms with Crippen LogP contribution in [0.4, 0.5) is 0 Å². The highest BCUT2D eigenvalue weighted by Gasteiger charge is 2.23. The minimum absolute atomic E-state index is 0.216. The fourth-order valence-electron chi connectivity index (χ4n) is 2.79. The van der Waals surface area contributed by atoms with Gasteiger partial charge in [0.15, 0.2) is 0 Å². The highest BCUT2D eigenvalue weighted by Crippen LogP contribution is 2.33. The van der Waals surface area contributed by atoms with E-state index in [9.17, 15) is 4.79 Å². The Morgan fingerprint density at radius 2 is 1.92 bits per heavy atom. The molecule has 0 amide bonds. The van der Waals surface area contributed by atoms with Crippen LogP contribution in [-0.4, -0.2) is 16.9 Å². The number of methoxy groups -OCH3 is 1. The number of aryl methyl sites for hydroxylation is 1. The normalized spacial score (nSPS) is 11.3. The maximum Gasteiger partial charge on any atom is 0.284 e. The van der Waals surface area contributed by atoms with E-state index in [4.69, 9.17) is 20.8 Å². The number of fused-ring (bicyclic) bond motifs is 3. The second kappa shape index (κ2) is 5.39. The average molecular weight is 341 g/mol. The topological polar surface area (TPSA) is 57.3 Å². The summed E-state index contributed by atoms with van der Waals surface area (Å²) in [4.78, 5) is 12.8. The fraction of sp³-hybridized carbons (Fsp3) is 0.111. The van der Waals surface area contributed by atoms with Gasteiger partial charge in [-0.15, -0.1) is 0 Å². The first-order chi connectivity index (χ1) is 11.6. The predicted molar refractivity (Wildman–Crippen MR) is 92.5 cm³/mol. The second-order valence-electron chi connectivity index (χ2n) is 5.44. The van der Waals surface area contributed by atoms with Crippen molar-refractivity contribution in [3.8, 4) is 22.7 Å². The van der Waals surface area contributed by atoms with Crippen LogP contribution in [0.15, 0.2) is 51.7 Å². The Morgan fingerprint density at radius 1 is 1.17 bits per heavy atom. The van der Waals surface area contributed by atoms with Crippen molar-refractivity contribution in [2.45, 2.75) is 6.92 Å². The van der Waals surface area contributed by atoms with Gasteiger partial charge in [-0.3, -0.25) is 4.79 Å². The Kier molecular flexibility index (Phi) is 3.32. The lowest BCUT2D eigenvalue weighted by molar-refractivity contribution is 0.414. The molecule has 24 heavy (non-hydrogen) atoms. The van der Waals surface area contributed by atoms with Crippen LogP contribution in [-0.2, 0) is 0 Å². The Morgan fingerprint density at radius 3 is 2.62 bits per heavy atom. The van der Waals surface area contributed by atoms with Gasteiger partial charge in [0.05, 0.1) is 12.8 Å². The lowest BCUT2D eigenvalue weighted by Gasteiger charge is -2.06. The van der Waals surface area contributed by atoms with E-state index in [1.54, 1.807) is 44.4 Å². The average Bonchev–Trinajstić information content (AvgIpc) is 2.93. The summed E-state index contributed by atoms with van der Waals surface area (Å²) in [5.41, 5.74) is 2.15. The van der Waals surface area contributed by atoms with Gasteiger partial charge in [-0.25, -0.2) is 0 Å². The van der Waals surface area contributed by atoms with Crippen molar-refractivity contribution in [3.05, 3.63) is 63.6 Å². The van der Waals surface area contributed by atoms with Crippen molar-refractivity contribution in [2.24, 2.45) is 0 Å². The van der Waals surface area contributed by atoms with E-state index in [0.29, 0.717) is 39.1 Å². The fourth-order valence-corrected chi connectivity index (χ4v) is 2.92. The zero-order valence-electron chi connectivity index (χ0n) is 13.0. The van der Waals surface area contributed by atoms with E-state index in [-0.39, 0.29) is 5.56 Å². The number of aromatic nitrogens is 2. The van der Waals surface area contributed by atoms with Gasteiger partial charge in [-0.1, -0.05) is 11.6 Å². The molecule has 0 saturated carbocycles. The maximum absolute atomic E-state index is 12.8. The SMILES string of the molecule is COc1ccc2c3nn(-c4ccc(Cl)cc4)c(=O)c-3c(C)oc2c1. The van der Waals surface area contributed by atoms with Crippen LogP contribution < -0.4 is 10.3 Å². The molecule has 5 nitrogen and oxygen atoms in total. The molecule has 6 heteroatoms. The summed E-state index contributed by atoms with van der Waals surface area (Å²) in [7, 11) is 1.59. The van der Waals surface area contributed by atoms with Gasteiger partial charge in [0.1, 0.15) is 28.4 Å². The standard InChI is InChI=1S/C18H13ClN2O3/c1-10-16-17(14-8-7-13(23-2)9-15(14)24-10)20-21(18(16)22)12-5-3-11(19)4-6-12/h3-9H,1-2H3. The van der Waals surface area contributed by atoms with Gasteiger partial charge in [0.2, 0.25) is 0 Å². The number of hydrogen-bond donors (Lipinski definition) is 0. The van der Waals surface area contributed by atoms with Crippen LogP contribution in [0.2, 0.25) is 5.02 Å². The molecule has 0 saturated heterocycles. The third-order valence-corrected chi connectivity index (χ3v) is 4.23. The van der Waals surface area contributed by atoms with Crippen molar-refractivity contribution in [1.82, 2.24) is 9.78 Å². The Labute approximate surface area is 142 Å². The van der Waals surface area contributed by atoms with E-state index < -0.39 is 0 Å². The number of ether oxygens (including phenoxy) is 1. The number of rotatable bonds is 2. The minimum Gasteiger partial charge on any atom is -0.497 e. The first-order valence-corrected chi connectivity index (χ1v) is 7.72. The number of hydrogen-bond acceptors (Lipinski definition) is 4. The Bertz CT molecular complexity index is 1080. The van der Waals surface area contributed by atoms with Gasteiger partial charge < -0.3 is 9.15 Å². The van der Waals surface area contributed by atoms with Crippen molar-refractivity contribution < 1.29 is 9.15 Å². The van der Waals surface area contributed by atoms with Crippen LogP contribution in [0.3, 0.4) is 0 Å². The van der Waals surface area contributed by atoms with Crippen LogP contribution >= 0.6 is 11.6 Å². The smallest absolute Gasteiger partial charge is 0.284 e. The molecule has 0 atom stereocenters. The van der Waals surface area contributed by atoms with Gasteiger partial charge >= 0.3 is 0 Å². The zero-order chi connectivity index (χ0) is 16.8. The van der Waals surface area contributed by atoms with Crippen molar-refractivity contribution >= 4 is 22.6 Å². The molecule has 0 fully saturated rings. The highest BCUT2D eigenvalue weighted by atomic mass is 35.5. The van der Waals surface area contributed by atoms with Crippen LogP contribution in [0, 0.1) is 6.92 Å². The number of benzene rings is 2. The molecule has 2 aromatic rings. The van der Waals surface area contributed by atoms with Gasteiger partial charge in [0.25, 0.3) is 5.56 Å². The molecule has 120 valence electrons. The highest BCUT2D eigenvalue weighted by molar-refractivity contribution is 6.30. The zero-order valence-corrected chi connectivity index (χ0v) is 13.8. The summed E-state index contributed by atoms with van der Waals surface area (Å²) in [6.45, 7) is 1.76. The van der Waals surface area contributed by atoms with E-state index in [1.165, 1.54) is 4.68 Å². The third kappa shape index (κ3) is 2.17. The summed E-state index contributed by atoms with van der Waals surface area (Å²) in [6.07, 6.45) is 0.